The lowest BCUT2D eigenvalue weighted by Crippen LogP contribution is -2.42. The minimum absolute atomic E-state index is 0.372. The number of nitrogens with zero attached hydrogens (tertiary/aromatic N) is 3. The van der Waals surface area contributed by atoms with Gasteiger partial charge in [-0.15, -0.1) is 5.10 Å². The van der Waals surface area contributed by atoms with E-state index in [0.717, 1.165) is 0 Å². The summed E-state index contributed by atoms with van der Waals surface area (Å²) in [5, 5.41) is 9.25. The predicted molar refractivity (Wildman–Crippen MR) is 31.9 cm³/mol. The van der Waals surface area contributed by atoms with Gasteiger partial charge in [0, 0.05) is 6.54 Å². The summed E-state index contributed by atoms with van der Waals surface area (Å²) in [7, 11) is 0. The van der Waals surface area contributed by atoms with E-state index in [9.17, 15) is 8.78 Å². The Kier molecular flexibility index (Phi) is 1.19. The Balaban J connectivity index is 2.48. The molecule has 0 aliphatic carbocycles. The summed E-state index contributed by atoms with van der Waals surface area (Å²) in [6.07, 6.45) is 1.33. The number of nitrogens with one attached hydrogen (secondary N) is 1. The molecule has 0 saturated carbocycles. The molecule has 1 aliphatic rings. The van der Waals surface area contributed by atoms with Gasteiger partial charge < -0.3 is 5.32 Å². The van der Waals surface area contributed by atoms with Crippen molar-refractivity contribution in [3.63, 3.8) is 0 Å². The van der Waals surface area contributed by atoms with E-state index in [2.05, 4.69) is 15.6 Å². The van der Waals surface area contributed by atoms with Crippen LogP contribution in [0.2, 0.25) is 0 Å². The van der Waals surface area contributed by atoms with E-state index < -0.39 is 6.05 Å². The molecule has 0 radical (unpaired) electrons. The molecule has 0 aromatic carbocycles. The van der Waals surface area contributed by atoms with Crippen molar-refractivity contribution in [1.29, 1.82) is 0 Å². The average molecular weight is 160 g/mol. The maximum atomic E-state index is 12.8. The lowest BCUT2D eigenvalue weighted by atomic mass is 10.3. The van der Waals surface area contributed by atoms with E-state index >= 15 is 0 Å². The lowest BCUT2D eigenvalue weighted by molar-refractivity contribution is -0.102. The van der Waals surface area contributed by atoms with Crippen LogP contribution in [0.1, 0.15) is 5.69 Å². The van der Waals surface area contributed by atoms with Crippen molar-refractivity contribution < 1.29 is 8.78 Å². The van der Waals surface area contributed by atoms with Gasteiger partial charge in [-0.2, -0.15) is 13.5 Å². The Morgan fingerprint density at radius 2 is 2.45 bits per heavy atom. The second kappa shape index (κ2) is 1.97. The van der Waals surface area contributed by atoms with Crippen molar-refractivity contribution in [1.82, 2.24) is 20.3 Å². The van der Waals surface area contributed by atoms with Crippen molar-refractivity contribution in [2.24, 2.45) is 0 Å². The maximum Gasteiger partial charge on any atom is 0.357 e. The highest BCUT2D eigenvalue weighted by atomic mass is 19.3. The number of hydrogen-bond donors (Lipinski definition) is 1. The van der Waals surface area contributed by atoms with Gasteiger partial charge in [-0.3, -0.25) is 0 Å². The zero-order valence-corrected chi connectivity index (χ0v) is 5.59. The van der Waals surface area contributed by atoms with E-state index in [0.29, 0.717) is 16.9 Å². The normalized spacial score (nSPS) is 21.3. The molecular formula is C5H6F2N4. The molecular weight excluding hydrogens is 154 g/mol. The molecule has 6 heteroatoms. The molecule has 0 saturated heterocycles. The minimum atomic E-state index is -2.93. The molecule has 0 amide bonds. The molecule has 2 rings (SSSR count). The van der Waals surface area contributed by atoms with Crippen LogP contribution in [0.4, 0.5) is 8.78 Å². The molecule has 11 heavy (non-hydrogen) atoms. The third-order valence-electron chi connectivity index (χ3n) is 1.57. The highest BCUT2D eigenvalue weighted by Gasteiger charge is 2.37. The molecule has 1 aromatic rings. The van der Waals surface area contributed by atoms with Crippen molar-refractivity contribution in [2.75, 3.05) is 6.54 Å². The van der Waals surface area contributed by atoms with Crippen LogP contribution < -0.4 is 5.32 Å². The molecule has 60 valence electrons. The summed E-state index contributed by atoms with van der Waals surface area (Å²) in [6.45, 7) is 0.0337. The van der Waals surface area contributed by atoms with Gasteiger partial charge in [0.1, 0.15) is 0 Å². The first kappa shape index (κ1) is 6.66. The van der Waals surface area contributed by atoms with E-state index in [1.165, 1.54) is 6.20 Å². The number of halogens is 2. The fourth-order valence-electron chi connectivity index (χ4n) is 1.07. The monoisotopic (exact) mass is 160 g/mol. The Hall–Kier alpha value is -1.04. The Labute approximate surface area is 61.2 Å². The number of aromatic nitrogens is 3. The molecule has 1 aromatic heterocycles. The Morgan fingerprint density at radius 1 is 1.64 bits per heavy atom. The summed E-state index contributed by atoms with van der Waals surface area (Å²) in [5.74, 6) is 0. The predicted octanol–water partition coefficient (Wildman–Crippen LogP) is -0.0694. The molecule has 1 aliphatic heterocycles. The van der Waals surface area contributed by atoms with Crippen LogP contribution in [0, 0.1) is 0 Å². The standard InChI is InChI=1S/C5H6F2N4/c6-5(7)3-8-1-4-2-9-10-11(4)5/h2,8H,1,3H2. The Bertz CT molecular complexity index is 269. The van der Waals surface area contributed by atoms with Crippen LogP contribution in [0.25, 0.3) is 0 Å². The third kappa shape index (κ3) is 0.900. The second-order valence-corrected chi connectivity index (χ2v) is 2.41. The zero-order valence-electron chi connectivity index (χ0n) is 5.59. The zero-order chi connectivity index (χ0) is 7.90. The molecule has 0 atom stereocenters. The summed E-state index contributed by atoms with van der Waals surface area (Å²) >= 11 is 0. The van der Waals surface area contributed by atoms with Crippen molar-refractivity contribution >= 4 is 0 Å². The molecule has 0 unspecified atom stereocenters. The van der Waals surface area contributed by atoms with Gasteiger partial charge in [0.05, 0.1) is 18.4 Å². The van der Waals surface area contributed by atoms with Gasteiger partial charge in [-0.1, -0.05) is 5.21 Å². The maximum absolute atomic E-state index is 12.8. The fraction of sp³-hybridized carbons (Fsp3) is 0.600. The van der Waals surface area contributed by atoms with Gasteiger partial charge in [0.2, 0.25) is 0 Å². The average Bonchev–Trinajstić information content (AvgIpc) is 2.34. The third-order valence-corrected chi connectivity index (χ3v) is 1.57. The molecule has 1 N–H and O–H groups in total. The summed E-state index contributed by atoms with van der Waals surface area (Å²) in [5.41, 5.74) is 0.418. The van der Waals surface area contributed by atoms with Crippen LogP contribution >= 0.6 is 0 Å². The van der Waals surface area contributed by atoms with E-state index in [4.69, 9.17) is 0 Å². The second-order valence-electron chi connectivity index (χ2n) is 2.41. The lowest BCUT2D eigenvalue weighted by Gasteiger charge is -2.23. The van der Waals surface area contributed by atoms with Gasteiger partial charge in [-0.05, 0) is 0 Å². The summed E-state index contributed by atoms with van der Waals surface area (Å²) in [6, 6.07) is -2.93. The first-order valence-electron chi connectivity index (χ1n) is 3.19. The van der Waals surface area contributed by atoms with Gasteiger partial charge in [0.25, 0.3) is 0 Å². The fourth-order valence-corrected chi connectivity index (χ4v) is 1.07. The summed E-state index contributed by atoms with van der Waals surface area (Å²) < 4.78 is 26.3. The first-order valence-corrected chi connectivity index (χ1v) is 3.19. The quantitative estimate of drug-likeness (QED) is 0.577. The van der Waals surface area contributed by atoms with Crippen molar-refractivity contribution in [3.05, 3.63) is 11.9 Å². The van der Waals surface area contributed by atoms with E-state index in [1.54, 1.807) is 0 Å². The van der Waals surface area contributed by atoms with Crippen LogP contribution in [0.5, 0.6) is 0 Å². The van der Waals surface area contributed by atoms with E-state index in [-0.39, 0.29) is 6.54 Å². The largest absolute Gasteiger partial charge is 0.357 e. The number of hydrogen-bond acceptors (Lipinski definition) is 3. The van der Waals surface area contributed by atoms with E-state index in [1.807, 2.05) is 0 Å². The highest BCUT2D eigenvalue weighted by Crippen LogP contribution is 2.22. The molecule has 2 heterocycles. The topological polar surface area (TPSA) is 42.7 Å². The van der Waals surface area contributed by atoms with Crippen molar-refractivity contribution in [3.8, 4) is 0 Å². The van der Waals surface area contributed by atoms with Crippen LogP contribution in [0.15, 0.2) is 6.20 Å². The van der Waals surface area contributed by atoms with Crippen molar-refractivity contribution in [2.45, 2.75) is 12.6 Å². The van der Waals surface area contributed by atoms with Crippen LogP contribution in [-0.4, -0.2) is 21.5 Å². The van der Waals surface area contributed by atoms with Crippen LogP contribution in [0.3, 0.4) is 0 Å². The molecule has 4 nitrogen and oxygen atoms in total. The van der Waals surface area contributed by atoms with Gasteiger partial charge in [0.15, 0.2) is 0 Å². The van der Waals surface area contributed by atoms with Gasteiger partial charge >= 0.3 is 6.05 Å². The molecule has 0 fully saturated rings. The SMILES string of the molecule is FC1(F)CNCc2cnnn21. The number of fused-ring (bicyclic) bond motifs is 1. The Morgan fingerprint density at radius 3 is 3.18 bits per heavy atom. The minimum Gasteiger partial charge on any atom is -0.304 e. The van der Waals surface area contributed by atoms with Gasteiger partial charge in [-0.25, -0.2) is 0 Å². The number of alkyl halides is 2. The molecule has 0 spiro atoms. The smallest absolute Gasteiger partial charge is 0.304 e. The van der Waals surface area contributed by atoms with Crippen LogP contribution in [-0.2, 0) is 12.6 Å². The summed E-state index contributed by atoms with van der Waals surface area (Å²) in [4.78, 5) is 0. The first-order chi connectivity index (χ1) is 5.20. The number of rotatable bonds is 0. The highest BCUT2D eigenvalue weighted by molar-refractivity contribution is 4.98. The molecule has 0 bridgehead atoms.